The highest BCUT2D eigenvalue weighted by molar-refractivity contribution is 7.86. The van der Waals surface area contributed by atoms with Crippen LogP contribution in [0.25, 0.3) is 11.0 Å². The first kappa shape index (κ1) is 13.9. The normalized spacial score (nSPS) is 13.0. The van der Waals surface area contributed by atoms with Crippen molar-refractivity contribution in [3.05, 3.63) is 24.0 Å². The van der Waals surface area contributed by atoms with Gasteiger partial charge in [0.2, 0.25) is 0 Å². The van der Waals surface area contributed by atoms with E-state index in [9.17, 15) is 16.8 Å². The van der Waals surface area contributed by atoms with Crippen LogP contribution in [0.4, 0.5) is 0 Å². The van der Waals surface area contributed by atoms with Crippen molar-refractivity contribution < 1.29 is 25.9 Å². The smallest absolute Gasteiger partial charge is 0.282 e. The van der Waals surface area contributed by atoms with Gasteiger partial charge in [0.1, 0.15) is 5.82 Å². The van der Waals surface area contributed by atoms with Crippen LogP contribution in [0.3, 0.4) is 0 Å². The lowest BCUT2D eigenvalue weighted by Gasteiger charge is -2.03. The summed E-state index contributed by atoms with van der Waals surface area (Å²) in [6.45, 7) is 1.63. The Morgan fingerprint density at radius 2 is 1.84 bits per heavy atom. The highest BCUT2D eigenvalue weighted by Crippen LogP contribution is 2.22. The van der Waals surface area contributed by atoms with Crippen LogP contribution in [0.1, 0.15) is 12.7 Å². The van der Waals surface area contributed by atoms with E-state index in [0.29, 0.717) is 3.97 Å². The van der Waals surface area contributed by atoms with Crippen LogP contribution in [-0.2, 0) is 26.8 Å². The van der Waals surface area contributed by atoms with Crippen LogP contribution in [0, 0.1) is 0 Å². The predicted molar refractivity (Wildman–Crippen MR) is 65.9 cm³/mol. The van der Waals surface area contributed by atoms with Crippen molar-refractivity contribution in [1.29, 1.82) is 0 Å². The number of hydrogen-bond acceptors (Lipinski definition) is 5. The minimum absolute atomic E-state index is 0.0602. The maximum Gasteiger partial charge on any atom is 0.365 e. The average molecular weight is 306 g/mol. The summed E-state index contributed by atoms with van der Waals surface area (Å²) in [6, 6.07) is 3.28. The molecule has 2 N–H and O–H groups in total. The van der Waals surface area contributed by atoms with E-state index in [2.05, 4.69) is 4.98 Å². The molecule has 0 aliphatic rings. The summed E-state index contributed by atoms with van der Waals surface area (Å²) >= 11 is 0. The highest BCUT2D eigenvalue weighted by Gasteiger charge is 2.21. The number of nitrogens with zero attached hydrogens (tertiary/aromatic N) is 2. The predicted octanol–water partition coefficient (Wildman–Crippen LogP) is 0.496. The Labute approximate surface area is 109 Å². The first-order chi connectivity index (χ1) is 8.64. The van der Waals surface area contributed by atoms with E-state index >= 15 is 0 Å². The summed E-state index contributed by atoms with van der Waals surface area (Å²) in [6.07, 6.45) is 0.218. The lowest BCUT2D eigenvalue weighted by atomic mass is 10.3. The number of hydrogen-bond donors (Lipinski definition) is 2. The zero-order chi connectivity index (χ0) is 14.4. The molecule has 1 aromatic heterocycles. The second-order valence-electron chi connectivity index (χ2n) is 3.75. The van der Waals surface area contributed by atoms with Crippen molar-refractivity contribution in [1.82, 2.24) is 8.96 Å². The standard InChI is InChI=1S/C9H10N2O6S2/c1-2-9-10-7-4-3-6(18(12,13)14)5-8(7)11(9)19(15,16)17/h3-5H,2H2,1H3,(H,12,13,14)(H,15,16,17). The molecule has 0 saturated heterocycles. The van der Waals surface area contributed by atoms with Crippen LogP contribution in [0.15, 0.2) is 23.1 Å². The van der Waals surface area contributed by atoms with Crippen molar-refractivity contribution in [3.63, 3.8) is 0 Å². The van der Waals surface area contributed by atoms with Gasteiger partial charge >= 0.3 is 10.3 Å². The average Bonchev–Trinajstić information content (AvgIpc) is 2.64. The maximum absolute atomic E-state index is 11.3. The molecule has 0 amide bonds. The van der Waals surface area contributed by atoms with Crippen LogP contribution in [0.2, 0.25) is 0 Å². The Morgan fingerprint density at radius 1 is 1.21 bits per heavy atom. The van der Waals surface area contributed by atoms with Crippen molar-refractivity contribution in [2.24, 2.45) is 0 Å². The molecular formula is C9H10N2O6S2. The van der Waals surface area contributed by atoms with Gasteiger partial charge < -0.3 is 0 Å². The molecule has 1 aromatic carbocycles. The molecule has 1 heterocycles. The van der Waals surface area contributed by atoms with Crippen LogP contribution in [0.5, 0.6) is 0 Å². The van der Waals surface area contributed by atoms with E-state index in [0.717, 1.165) is 12.1 Å². The van der Waals surface area contributed by atoms with Gasteiger partial charge in [-0.2, -0.15) is 16.8 Å². The first-order valence-electron chi connectivity index (χ1n) is 5.11. The van der Waals surface area contributed by atoms with Gasteiger partial charge in [-0.15, -0.1) is 0 Å². The molecular weight excluding hydrogens is 296 g/mol. The van der Waals surface area contributed by atoms with Crippen molar-refractivity contribution in [2.45, 2.75) is 18.2 Å². The number of fused-ring (bicyclic) bond motifs is 1. The van der Waals surface area contributed by atoms with Gasteiger partial charge in [-0.1, -0.05) is 6.92 Å². The lowest BCUT2D eigenvalue weighted by molar-refractivity contribution is 0.471. The number of aryl methyl sites for hydroxylation is 1. The molecule has 10 heteroatoms. The summed E-state index contributed by atoms with van der Waals surface area (Å²) < 4.78 is 63.3. The number of rotatable bonds is 3. The molecule has 0 aliphatic carbocycles. The Kier molecular flexibility index (Phi) is 3.13. The third kappa shape index (κ3) is 2.47. The topological polar surface area (TPSA) is 127 Å². The molecule has 0 atom stereocenters. The SMILES string of the molecule is CCc1nc2ccc(S(=O)(=O)O)cc2n1S(=O)(=O)O. The molecule has 0 saturated carbocycles. The van der Waals surface area contributed by atoms with E-state index in [-0.39, 0.29) is 23.3 Å². The Hall–Kier alpha value is -1.49. The summed E-state index contributed by atoms with van der Waals surface area (Å²) in [4.78, 5) is 3.49. The molecule has 0 spiro atoms. The highest BCUT2D eigenvalue weighted by atomic mass is 32.2. The fraction of sp³-hybridized carbons (Fsp3) is 0.222. The zero-order valence-corrected chi connectivity index (χ0v) is 11.3. The monoisotopic (exact) mass is 306 g/mol. The van der Waals surface area contributed by atoms with Gasteiger partial charge in [-0.05, 0) is 18.2 Å². The quantitative estimate of drug-likeness (QED) is 0.790. The van der Waals surface area contributed by atoms with Gasteiger partial charge in [0.25, 0.3) is 10.1 Å². The number of aromatic nitrogens is 2. The molecule has 0 unspecified atom stereocenters. The molecule has 104 valence electrons. The summed E-state index contributed by atoms with van der Waals surface area (Å²) in [5.74, 6) is 0.0602. The summed E-state index contributed by atoms with van der Waals surface area (Å²) in [7, 11) is -9.08. The van der Waals surface area contributed by atoms with Crippen LogP contribution in [-0.4, -0.2) is 34.9 Å². The number of imidazole rings is 1. The Bertz CT molecular complexity index is 850. The van der Waals surface area contributed by atoms with Crippen molar-refractivity contribution >= 4 is 31.5 Å². The largest absolute Gasteiger partial charge is 0.365 e. The minimum Gasteiger partial charge on any atom is -0.282 e. The van der Waals surface area contributed by atoms with Gasteiger partial charge in [0.05, 0.1) is 15.9 Å². The molecule has 8 nitrogen and oxygen atoms in total. The van der Waals surface area contributed by atoms with Gasteiger partial charge in [-0.3, -0.25) is 9.11 Å². The van der Waals surface area contributed by atoms with Crippen LogP contribution < -0.4 is 0 Å². The molecule has 2 rings (SSSR count). The molecule has 19 heavy (non-hydrogen) atoms. The van der Waals surface area contributed by atoms with E-state index in [1.165, 1.54) is 6.07 Å². The second kappa shape index (κ2) is 4.27. The molecule has 0 bridgehead atoms. The van der Waals surface area contributed by atoms with Crippen molar-refractivity contribution in [2.75, 3.05) is 0 Å². The van der Waals surface area contributed by atoms with Gasteiger partial charge in [-0.25, -0.2) is 8.96 Å². The Morgan fingerprint density at radius 3 is 2.32 bits per heavy atom. The first-order valence-corrected chi connectivity index (χ1v) is 7.95. The maximum atomic E-state index is 11.3. The molecule has 0 radical (unpaired) electrons. The van der Waals surface area contributed by atoms with E-state index in [1.54, 1.807) is 6.92 Å². The van der Waals surface area contributed by atoms with E-state index in [1.807, 2.05) is 0 Å². The fourth-order valence-electron chi connectivity index (χ4n) is 1.72. The van der Waals surface area contributed by atoms with E-state index in [4.69, 9.17) is 9.11 Å². The third-order valence-electron chi connectivity index (χ3n) is 2.49. The third-order valence-corrected chi connectivity index (χ3v) is 4.21. The Balaban J connectivity index is 2.92. The van der Waals surface area contributed by atoms with Gasteiger partial charge in [0, 0.05) is 6.42 Å². The van der Waals surface area contributed by atoms with E-state index < -0.39 is 25.3 Å². The van der Waals surface area contributed by atoms with Crippen molar-refractivity contribution in [3.8, 4) is 0 Å². The fourth-order valence-corrected chi connectivity index (χ4v) is 3.06. The molecule has 0 fully saturated rings. The lowest BCUT2D eigenvalue weighted by Crippen LogP contribution is -2.14. The zero-order valence-electron chi connectivity index (χ0n) is 9.68. The second-order valence-corrected chi connectivity index (χ2v) is 6.43. The number of benzene rings is 1. The van der Waals surface area contributed by atoms with Gasteiger partial charge in [0.15, 0.2) is 0 Å². The summed E-state index contributed by atoms with van der Waals surface area (Å²) in [5, 5.41) is 0. The molecule has 2 aromatic rings. The van der Waals surface area contributed by atoms with Crippen LogP contribution >= 0.6 is 0 Å². The summed E-state index contributed by atoms with van der Waals surface area (Å²) in [5.41, 5.74) is 0.0800. The minimum atomic E-state index is -4.61. The molecule has 0 aliphatic heterocycles.